The van der Waals surface area contributed by atoms with Crippen molar-refractivity contribution in [2.45, 2.75) is 19.4 Å². The van der Waals surface area contributed by atoms with Crippen molar-refractivity contribution in [3.8, 4) is 11.5 Å². The Morgan fingerprint density at radius 2 is 1.65 bits per heavy atom. The number of aliphatic hydroxyl groups is 1. The first-order valence-electron chi connectivity index (χ1n) is 5.13. The van der Waals surface area contributed by atoms with Gasteiger partial charge in [0.05, 0.1) is 14.2 Å². The zero-order valence-corrected chi connectivity index (χ0v) is 10.4. The lowest BCUT2D eigenvalue weighted by Gasteiger charge is -2.17. The Hall–Kier alpha value is -1.75. The predicted molar refractivity (Wildman–Crippen MR) is 64.5 cm³/mol. The average molecular weight is 239 g/mol. The Bertz CT molecular complexity index is 387. The fraction of sp³-hybridized carbons (Fsp3) is 0.417. The molecular formula is C12H17NO4. The number of nitrogens with one attached hydrogen (secondary N) is 1. The molecule has 0 saturated heterocycles. The molecule has 0 heterocycles. The summed E-state index contributed by atoms with van der Waals surface area (Å²) in [6, 6.07) is 4.98. The minimum Gasteiger partial charge on any atom is -0.497 e. The largest absolute Gasteiger partial charge is 0.497 e. The topological polar surface area (TPSA) is 67.8 Å². The highest BCUT2D eigenvalue weighted by Gasteiger charge is 2.23. The lowest BCUT2D eigenvalue weighted by atomic mass is 10.1. The van der Waals surface area contributed by atoms with Crippen LogP contribution in [0.25, 0.3) is 0 Å². The van der Waals surface area contributed by atoms with Gasteiger partial charge in [0.1, 0.15) is 17.1 Å². The molecule has 0 unspecified atom stereocenters. The van der Waals surface area contributed by atoms with E-state index >= 15 is 0 Å². The predicted octanol–water partition coefficient (Wildman–Crippen LogP) is 1.41. The van der Waals surface area contributed by atoms with Crippen LogP contribution < -0.4 is 14.8 Å². The lowest BCUT2D eigenvalue weighted by molar-refractivity contribution is -0.130. The zero-order valence-electron chi connectivity index (χ0n) is 10.4. The van der Waals surface area contributed by atoms with E-state index in [9.17, 15) is 9.90 Å². The summed E-state index contributed by atoms with van der Waals surface area (Å²) in [5.41, 5.74) is -0.927. The maximum absolute atomic E-state index is 11.6. The van der Waals surface area contributed by atoms with E-state index in [1.54, 1.807) is 18.2 Å². The molecular weight excluding hydrogens is 222 g/mol. The van der Waals surface area contributed by atoms with E-state index in [-0.39, 0.29) is 0 Å². The number of carbonyl (C=O) groups is 1. The van der Waals surface area contributed by atoms with Crippen LogP contribution >= 0.6 is 0 Å². The molecule has 5 nitrogen and oxygen atoms in total. The number of amides is 1. The number of hydrogen-bond donors (Lipinski definition) is 2. The molecule has 1 aromatic rings. The summed E-state index contributed by atoms with van der Waals surface area (Å²) in [7, 11) is 3.05. The minimum atomic E-state index is -1.43. The van der Waals surface area contributed by atoms with Crippen LogP contribution in [0.5, 0.6) is 11.5 Å². The highest BCUT2D eigenvalue weighted by atomic mass is 16.5. The maximum atomic E-state index is 11.6. The Morgan fingerprint density at radius 3 is 2.00 bits per heavy atom. The molecule has 0 radical (unpaired) electrons. The van der Waals surface area contributed by atoms with Crippen molar-refractivity contribution in [3.05, 3.63) is 18.2 Å². The van der Waals surface area contributed by atoms with Gasteiger partial charge in [0.25, 0.3) is 5.91 Å². The number of methoxy groups -OCH3 is 2. The van der Waals surface area contributed by atoms with Crippen LogP contribution in [0, 0.1) is 0 Å². The van der Waals surface area contributed by atoms with Gasteiger partial charge >= 0.3 is 0 Å². The van der Waals surface area contributed by atoms with Gasteiger partial charge in [0.2, 0.25) is 0 Å². The summed E-state index contributed by atoms with van der Waals surface area (Å²) in [4.78, 5) is 11.6. The zero-order chi connectivity index (χ0) is 13.1. The molecule has 0 aliphatic rings. The van der Waals surface area contributed by atoms with E-state index in [1.165, 1.54) is 28.1 Å². The molecule has 0 fully saturated rings. The van der Waals surface area contributed by atoms with E-state index in [2.05, 4.69) is 5.32 Å². The first kappa shape index (κ1) is 13.3. The van der Waals surface area contributed by atoms with Crippen molar-refractivity contribution in [2.24, 2.45) is 0 Å². The number of anilines is 1. The second-order valence-electron chi connectivity index (χ2n) is 4.11. The van der Waals surface area contributed by atoms with Crippen LogP contribution in [-0.2, 0) is 4.79 Å². The van der Waals surface area contributed by atoms with Gasteiger partial charge in [-0.25, -0.2) is 0 Å². The number of carbonyl (C=O) groups excluding carboxylic acids is 1. The third kappa shape index (κ3) is 3.64. The van der Waals surface area contributed by atoms with Crippen LogP contribution in [0.1, 0.15) is 13.8 Å². The molecule has 0 aliphatic heterocycles. The van der Waals surface area contributed by atoms with Crippen molar-refractivity contribution >= 4 is 11.6 Å². The van der Waals surface area contributed by atoms with Crippen molar-refractivity contribution in [3.63, 3.8) is 0 Å². The van der Waals surface area contributed by atoms with Crippen LogP contribution in [0.2, 0.25) is 0 Å². The van der Waals surface area contributed by atoms with Gasteiger partial charge in [0, 0.05) is 23.9 Å². The van der Waals surface area contributed by atoms with Crippen molar-refractivity contribution in [1.82, 2.24) is 0 Å². The van der Waals surface area contributed by atoms with E-state index in [0.29, 0.717) is 17.2 Å². The normalized spacial score (nSPS) is 10.9. The SMILES string of the molecule is COc1cc(NC(=O)C(C)(C)O)cc(OC)c1. The van der Waals surface area contributed by atoms with E-state index in [1.807, 2.05) is 0 Å². The summed E-state index contributed by atoms with van der Waals surface area (Å²) in [6.07, 6.45) is 0. The van der Waals surface area contributed by atoms with Crippen LogP contribution in [0.4, 0.5) is 5.69 Å². The Kier molecular flexibility index (Phi) is 3.96. The highest BCUT2D eigenvalue weighted by Crippen LogP contribution is 2.26. The summed E-state index contributed by atoms with van der Waals surface area (Å²) >= 11 is 0. The van der Waals surface area contributed by atoms with Gasteiger partial charge in [-0.15, -0.1) is 0 Å². The van der Waals surface area contributed by atoms with Gasteiger partial charge in [-0.1, -0.05) is 0 Å². The van der Waals surface area contributed by atoms with Gasteiger partial charge in [-0.3, -0.25) is 4.79 Å². The number of benzene rings is 1. The Balaban J connectivity index is 2.94. The molecule has 0 spiro atoms. The van der Waals surface area contributed by atoms with Gasteiger partial charge < -0.3 is 19.9 Å². The molecule has 1 amide bonds. The molecule has 2 N–H and O–H groups in total. The number of hydrogen-bond acceptors (Lipinski definition) is 4. The van der Waals surface area contributed by atoms with Crippen molar-refractivity contribution in [2.75, 3.05) is 19.5 Å². The molecule has 0 bridgehead atoms. The second kappa shape index (κ2) is 5.05. The average Bonchev–Trinajstić information content (AvgIpc) is 2.27. The van der Waals surface area contributed by atoms with Crippen molar-refractivity contribution in [1.29, 1.82) is 0 Å². The summed E-state index contributed by atoms with van der Waals surface area (Å²) in [5, 5.41) is 12.1. The monoisotopic (exact) mass is 239 g/mol. The summed E-state index contributed by atoms with van der Waals surface area (Å²) < 4.78 is 10.1. The molecule has 1 rings (SSSR count). The number of ether oxygens (including phenoxy) is 2. The van der Waals surface area contributed by atoms with Gasteiger partial charge in [0.15, 0.2) is 0 Å². The quantitative estimate of drug-likeness (QED) is 0.833. The fourth-order valence-corrected chi connectivity index (χ4v) is 1.16. The highest BCUT2D eigenvalue weighted by molar-refractivity contribution is 5.96. The Morgan fingerprint density at radius 1 is 1.18 bits per heavy atom. The minimum absolute atomic E-state index is 0.493. The van der Waals surface area contributed by atoms with E-state index < -0.39 is 11.5 Å². The molecule has 0 aromatic heterocycles. The molecule has 94 valence electrons. The van der Waals surface area contributed by atoms with E-state index in [4.69, 9.17) is 9.47 Å². The first-order valence-corrected chi connectivity index (χ1v) is 5.13. The smallest absolute Gasteiger partial charge is 0.255 e. The standard InChI is InChI=1S/C12H17NO4/c1-12(2,15)11(14)13-8-5-9(16-3)7-10(6-8)17-4/h5-7,15H,1-4H3,(H,13,14). The van der Waals surface area contributed by atoms with Gasteiger partial charge in [-0.2, -0.15) is 0 Å². The van der Waals surface area contributed by atoms with E-state index in [0.717, 1.165) is 0 Å². The van der Waals surface area contributed by atoms with Crippen LogP contribution in [-0.4, -0.2) is 30.8 Å². The fourth-order valence-electron chi connectivity index (χ4n) is 1.16. The van der Waals surface area contributed by atoms with Crippen LogP contribution in [0.15, 0.2) is 18.2 Å². The second-order valence-corrected chi connectivity index (χ2v) is 4.11. The van der Waals surface area contributed by atoms with Crippen molar-refractivity contribution < 1.29 is 19.4 Å². The van der Waals surface area contributed by atoms with Gasteiger partial charge in [-0.05, 0) is 13.8 Å². The molecule has 1 aromatic carbocycles. The maximum Gasteiger partial charge on any atom is 0.255 e. The van der Waals surface area contributed by atoms with Crippen LogP contribution in [0.3, 0.4) is 0 Å². The summed E-state index contributed by atoms with van der Waals surface area (Å²) in [6.45, 7) is 2.83. The number of rotatable bonds is 4. The molecule has 0 atom stereocenters. The molecule has 0 saturated carbocycles. The Labute approximate surface area is 100 Å². The molecule has 5 heteroatoms. The molecule has 0 aliphatic carbocycles. The third-order valence-electron chi connectivity index (χ3n) is 2.16. The summed E-state index contributed by atoms with van der Waals surface area (Å²) in [5.74, 6) is 0.638. The lowest BCUT2D eigenvalue weighted by Crippen LogP contribution is -2.36. The first-order chi connectivity index (χ1) is 7.86. The molecule has 17 heavy (non-hydrogen) atoms. The third-order valence-corrected chi connectivity index (χ3v) is 2.16.